The Morgan fingerprint density at radius 3 is 2.33 bits per heavy atom. The molecular formula is C7H16FN. The molecule has 0 fully saturated rings. The minimum absolute atomic E-state index is 0.466. The second-order valence-electron chi connectivity index (χ2n) is 2.78. The molecule has 0 aromatic rings. The summed E-state index contributed by atoms with van der Waals surface area (Å²) < 4.78 is 12.6. The van der Waals surface area contributed by atoms with E-state index >= 15 is 0 Å². The molecule has 1 unspecified atom stereocenters. The van der Waals surface area contributed by atoms with Crippen molar-refractivity contribution in [3.8, 4) is 0 Å². The maximum Gasteiger partial charge on any atom is 0.113 e. The summed E-state index contributed by atoms with van der Waals surface area (Å²) in [5.41, 5.74) is 0. The summed E-state index contributed by atoms with van der Waals surface area (Å²) in [4.78, 5) is 0. The first-order valence-corrected chi connectivity index (χ1v) is 3.45. The van der Waals surface area contributed by atoms with Crippen molar-refractivity contribution in [3.05, 3.63) is 0 Å². The van der Waals surface area contributed by atoms with Crippen molar-refractivity contribution in [1.29, 1.82) is 0 Å². The van der Waals surface area contributed by atoms with Gasteiger partial charge in [0.15, 0.2) is 0 Å². The molecule has 1 N–H and O–H groups in total. The van der Waals surface area contributed by atoms with Crippen molar-refractivity contribution >= 4 is 0 Å². The van der Waals surface area contributed by atoms with Gasteiger partial charge < -0.3 is 5.32 Å². The minimum atomic E-state index is -0.671. The molecule has 0 bridgehead atoms. The van der Waals surface area contributed by atoms with Crippen LogP contribution in [0.15, 0.2) is 0 Å². The second-order valence-corrected chi connectivity index (χ2v) is 2.78. The fourth-order valence-corrected chi connectivity index (χ4v) is 0.816. The van der Waals surface area contributed by atoms with Crippen molar-refractivity contribution in [2.45, 2.75) is 26.4 Å². The molecule has 0 aliphatic rings. The second kappa shape index (κ2) is 4.74. The SMILES string of the molecule is CNCC(F)CC(C)C. The molecule has 0 radical (unpaired) electrons. The first kappa shape index (κ1) is 8.89. The predicted octanol–water partition coefficient (Wildman–Crippen LogP) is 1.59. The lowest BCUT2D eigenvalue weighted by atomic mass is 10.1. The number of hydrogen-bond donors (Lipinski definition) is 1. The van der Waals surface area contributed by atoms with E-state index in [4.69, 9.17) is 0 Å². The predicted molar refractivity (Wildman–Crippen MR) is 38.3 cm³/mol. The van der Waals surface area contributed by atoms with Crippen LogP contribution in [0.3, 0.4) is 0 Å². The molecule has 0 aliphatic carbocycles. The Bertz CT molecular complexity index is 63.9. The minimum Gasteiger partial charge on any atom is -0.317 e. The van der Waals surface area contributed by atoms with E-state index in [2.05, 4.69) is 5.32 Å². The molecule has 56 valence electrons. The van der Waals surface area contributed by atoms with E-state index in [0.717, 1.165) is 0 Å². The molecule has 0 saturated heterocycles. The van der Waals surface area contributed by atoms with Crippen LogP contribution in [-0.2, 0) is 0 Å². The molecule has 0 aliphatic heterocycles. The Labute approximate surface area is 56.6 Å². The Balaban J connectivity index is 3.15. The zero-order valence-corrected chi connectivity index (χ0v) is 6.45. The molecule has 0 amide bonds. The fraction of sp³-hybridized carbons (Fsp3) is 1.00. The highest BCUT2D eigenvalue weighted by Crippen LogP contribution is 2.06. The normalized spacial score (nSPS) is 14.3. The lowest BCUT2D eigenvalue weighted by Gasteiger charge is -2.08. The molecule has 2 heteroatoms. The highest BCUT2D eigenvalue weighted by molar-refractivity contribution is 4.59. The maximum absolute atomic E-state index is 12.6. The number of alkyl halides is 1. The van der Waals surface area contributed by atoms with E-state index in [0.29, 0.717) is 18.9 Å². The molecular weight excluding hydrogens is 117 g/mol. The summed E-state index contributed by atoms with van der Waals surface area (Å²) in [5, 5.41) is 2.80. The number of rotatable bonds is 4. The van der Waals surface area contributed by atoms with Crippen LogP contribution in [0, 0.1) is 5.92 Å². The monoisotopic (exact) mass is 133 g/mol. The van der Waals surface area contributed by atoms with Gasteiger partial charge in [0.2, 0.25) is 0 Å². The van der Waals surface area contributed by atoms with Gasteiger partial charge in [-0.3, -0.25) is 0 Å². The van der Waals surface area contributed by atoms with Gasteiger partial charge in [0.1, 0.15) is 6.17 Å². The van der Waals surface area contributed by atoms with Crippen LogP contribution in [0.2, 0.25) is 0 Å². The Morgan fingerprint density at radius 1 is 1.44 bits per heavy atom. The number of halogens is 1. The Hall–Kier alpha value is -0.110. The average Bonchev–Trinajstić information content (AvgIpc) is 1.63. The summed E-state index contributed by atoms with van der Waals surface area (Å²) >= 11 is 0. The van der Waals surface area contributed by atoms with E-state index in [1.807, 2.05) is 13.8 Å². The molecule has 0 aromatic heterocycles. The lowest BCUT2D eigenvalue weighted by Crippen LogP contribution is -2.21. The highest BCUT2D eigenvalue weighted by atomic mass is 19.1. The van der Waals surface area contributed by atoms with E-state index in [1.165, 1.54) is 0 Å². The zero-order chi connectivity index (χ0) is 7.28. The lowest BCUT2D eigenvalue weighted by molar-refractivity contribution is 0.278. The maximum atomic E-state index is 12.6. The third-order valence-corrected chi connectivity index (χ3v) is 1.15. The first-order valence-electron chi connectivity index (χ1n) is 3.45. The molecule has 0 rings (SSSR count). The van der Waals surface area contributed by atoms with Crippen LogP contribution in [-0.4, -0.2) is 19.8 Å². The standard InChI is InChI=1S/C7H16FN/c1-6(2)4-7(8)5-9-3/h6-7,9H,4-5H2,1-3H3. The third kappa shape index (κ3) is 5.77. The Morgan fingerprint density at radius 2 is 2.00 bits per heavy atom. The van der Waals surface area contributed by atoms with Gasteiger partial charge >= 0.3 is 0 Å². The molecule has 0 saturated carbocycles. The van der Waals surface area contributed by atoms with Crippen molar-refractivity contribution in [2.75, 3.05) is 13.6 Å². The van der Waals surface area contributed by atoms with Crippen molar-refractivity contribution in [1.82, 2.24) is 5.32 Å². The van der Waals surface area contributed by atoms with Crippen LogP contribution in [0.5, 0.6) is 0 Å². The van der Waals surface area contributed by atoms with Crippen LogP contribution in [0.1, 0.15) is 20.3 Å². The van der Waals surface area contributed by atoms with Crippen LogP contribution < -0.4 is 5.32 Å². The zero-order valence-electron chi connectivity index (χ0n) is 6.45. The summed E-state index contributed by atoms with van der Waals surface area (Å²) in [7, 11) is 1.77. The fourth-order valence-electron chi connectivity index (χ4n) is 0.816. The molecule has 9 heavy (non-hydrogen) atoms. The van der Waals surface area contributed by atoms with E-state index in [9.17, 15) is 4.39 Å². The third-order valence-electron chi connectivity index (χ3n) is 1.15. The van der Waals surface area contributed by atoms with Crippen LogP contribution in [0.4, 0.5) is 4.39 Å². The largest absolute Gasteiger partial charge is 0.317 e. The van der Waals surface area contributed by atoms with Gasteiger partial charge in [-0.15, -0.1) is 0 Å². The van der Waals surface area contributed by atoms with Crippen molar-refractivity contribution < 1.29 is 4.39 Å². The van der Waals surface area contributed by atoms with E-state index in [1.54, 1.807) is 7.05 Å². The smallest absolute Gasteiger partial charge is 0.113 e. The topological polar surface area (TPSA) is 12.0 Å². The van der Waals surface area contributed by atoms with Gasteiger partial charge in [0, 0.05) is 6.54 Å². The van der Waals surface area contributed by atoms with Gasteiger partial charge in [0.05, 0.1) is 0 Å². The van der Waals surface area contributed by atoms with Crippen LogP contribution >= 0.6 is 0 Å². The molecule has 1 nitrogen and oxygen atoms in total. The first-order chi connectivity index (χ1) is 4.16. The van der Waals surface area contributed by atoms with E-state index in [-0.39, 0.29) is 0 Å². The average molecular weight is 133 g/mol. The molecule has 0 spiro atoms. The summed E-state index contributed by atoms with van der Waals surface area (Å²) in [5.74, 6) is 0.466. The van der Waals surface area contributed by atoms with Crippen LogP contribution in [0.25, 0.3) is 0 Å². The summed E-state index contributed by atoms with van der Waals surface area (Å²) in [6.07, 6.45) is -0.00380. The molecule has 0 aromatic carbocycles. The molecule has 0 heterocycles. The van der Waals surface area contributed by atoms with Gasteiger partial charge in [-0.05, 0) is 19.4 Å². The van der Waals surface area contributed by atoms with Crippen molar-refractivity contribution in [3.63, 3.8) is 0 Å². The van der Waals surface area contributed by atoms with Crippen molar-refractivity contribution in [2.24, 2.45) is 5.92 Å². The van der Waals surface area contributed by atoms with E-state index < -0.39 is 6.17 Å². The van der Waals surface area contributed by atoms with Gasteiger partial charge in [0.25, 0.3) is 0 Å². The summed E-state index contributed by atoms with van der Waals surface area (Å²) in [6.45, 7) is 4.54. The Kier molecular flexibility index (Phi) is 4.68. The van der Waals surface area contributed by atoms with Gasteiger partial charge in [-0.2, -0.15) is 0 Å². The van der Waals surface area contributed by atoms with Gasteiger partial charge in [-0.1, -0.05) is 13.8 Å². The number of hydrogen-bond acceptors (Lipinski definition) is 1. The van der Waals surface area contributed by atoms with Gasteiger partial charge in [-0.25, -0.2) is 4.39 Å². The molecule has 1 atom stereocenters. The summed E-state index contributed by atoms with van der Waals surface area (Å²) in [6, 6.07) is 0. The highest BCUT2D eigenvalue weighted by Gasteiger charge is 2.06. The number of nitrogens with one attached hydrogen (secondary N) is 1. The quantitative estimate of drug-likeness (QED) is 0.614.